The van der Waals surface area contributed by atoms with Gasteiger partial charge in [-0.1, -0.05) is 43.0 Å². The molecule has 1 atom stereocenters. The Balaban J connectivity index is 1.84. The molecule has 10 heteroatoms. The molecule has 0 fully saturated rings. The molecule has 2 aromatic carbocycles. The van der Waals surface area contributed by atoms with E-state index < -0.39 is 11.0 Å². The molecule has 34 heavy (non-hydrogen) atoms. The molecule has 1 aromatic heterocycles. The quantitative estimate of drug-likeness (QED) is 0.271. The summed E-state index contributed by atoms with van der Waals surface area (Å²) >= 11 is 1.50. The first kappa shape index (κ1) is 23.5. The van der Waals surface area contributed by atoms with Crippen LogP contribution in [0.5, 0.6) is 0 Å². The van der Waals surface area contributed by atoms with Crippen LogP contribution in [0, 0.1) is 24.0 Å². The number of anilines is 2. The number of hydrogen-bond donors (Lipinski definition) is 2. The smallest absolute Gasteiger partial charge is 0.275 e. The summed E-state index contributed by atoms with van der Waals surface area (Å²) < 4.78 is 1.57. The van der Waals surface area contributed by atoms with Crippen LogP contribution in [0.15, 0.2) is 58.9 Å². The predicted molar refractivity (Wildman–Crippen MR) is 133 cm³/mol. The van der Waals surface area contributed by atoms with E-state index in [0.717, 1.165) is 23.3 Å². The first-order chi connectivity index (χ1) is 16.3. The third-order valence-electron chi connectivity index (χ3n) is 5.79. The van der Waals surface area contributed by atoms with Crippen molar-refractivity contribution in [3.63, 3.8) is 0 Å². The number of carbonyl (C=O) groups excluding carboxylic acids is 1. The van der Waals surface area contributed by atoms with Crippen molar-refractivity contribution in [1.29, 1.82) is 0 Å². The molecule has 3 aromatic rings. The Kier molecular flexibility index (Phi) is 6.69. The highest BCUT2D eigenvalue weighted by molar-refractivity contribution is 7.99. The molecule has 176 valence electrons. The molecular weight excluding hydrogens is 452 g/mol. The average Bonchev–Trinajstić information content (AvgIpc) is 3.21. The largest absolute Gasteiger partial charge is 0.328 e. The van der Waals surface area contributed by atoms with Crippen LogP contribution < -0.4 is 10.6 Å². The fourth-order valence-electron chi connectivity index (χ4n) is 3.93. The lowest BCUT2D eigenvalue weighted by atomic mass is 9.93. The summed E-state index contributed by atoms with van der Waals surface area (Å²) in [5.74, 6) is 0.930. The molecule has 9 nitrogen and oxygen atoms in total. The number of benzene rings is 2. The molecule has 1 aliphatic heterocycles. The van der Waals surface area contributed by atoms with Gasteiger partial charge in [0.2, 0.25) is 11.1 Å². The number of fused-ring (bicyclic) bond motifs is 1. The summed E-state index contributed by atoms with van der Waals surface area (Å²) in [7, 11) is 0. The zero-order chi connectivity index (χ0) is 24.4. The summed E-state index contributed by atoms with van der Waals surface area (Å²) in [4.78, 5) is 29.7. The number of thioether (sulfide) groups is 1. The fraction of sp³-hybridized carbons (Fsp3) is 0.292. The van der Waals surface area contributed by atoms with Gasteiger partial charge in [-0.15, -0.1) is 5.10 Å². The fourth-order valence-corrected chi connectivity index (χ4v) is 4.61. The summed E-state index contributed by atoms with van der Waals surface area (Å²) in [6, 6.07) is 11.3. The van der Waals surface area contributed by atoms with Crippen LogP contribution in [0.3, 0.4) is 0 Å². The van der Waals surface area contributed by atoms with Crippen molar-refractivity contribution >= 4 is 35.0 Å². The van der Waals surface area contributed by atoms with E-state index in [-0.39, 0.29) is 11.6 Å². The number of nitro benzene ring substituents is 1. The number of carbonyl (C=O) groups is 1. The number of aromatic nitrogens is 3. The lowest BCUT2D eigenvalue weighted by molar-refractivity contribution is -0.385. The Morgan fingerprint density at radius 3 is 2.71 bits per heavy atom. The van der Waals surface area contributed by atoms with E-state index in [1.807, 2.05) is 32.0 Å². The maximum absolute atomic E-state index is 13.6. The van der Waals surface area contributed by atoms with Crippen molar-refractivity contribution in [2.75, 3.05) is 16.4 Å². The van der Waals surface area contributed by atoms with Gasteiger partial charge in [0.25, 0.3) is 11.6 Å². The predicted octanol–water partition coefficient (Wildman–Crippen LogP) is 5.23. The molecule has 0 aliphatic carbocycles. The molecule has 4 rings (SSSR count). The van der Waals surface area contributed by atoms with Gasteiger partial charge in [0.1, 0.15) is 6.04 Å². The minimum absolute atomic E-state index is 0.0801. The number of allylic oxidation sites excluding steroid dienone is 1. The molecule has 1 unspecified atom stereocenters. The molecule has 2 heterocycles. The van der Waals surface area contributed by atoms with Crippen molar-refractivity contribution in [3.8, 4) is 0 Å². The van der Waals surface area contributed by atoms with E-state index in [4.69, 9.17) is 0 Å². The van der Waals surface area contributed by atoms with Crippen LogP contribution >= 0.6 is 11.8 Å². The molecule has 0 saturated heterocycles. The normalized spacial score (nSPS) is 15.0. The van der Waals surface area contributed by atoms with E-state index in [0.29, 0.717) is 33.6 Å². The van der Waals surface area contributed by atoms with Gasteiger partial charge in [-0.05, 0) is 50.5 Å². The van der Waals surface area contributed by atoms with Gasteiger partial charge in [0.15, 0.2) is 0 Å². The van der Waals surface area contributed by atoms with Gasteiger partial charge < -0.3 is 10.6 Å². The van der Waals surface area contributed by atoms with Crippen molar-refractivity contribution in [3.05, 3.63) is 80.5 Å². The van der Waals surface area contributed by atoms with E-state index in [2.05, 4.69) is 27.6 Å². The van der Waals surface area contributed by atoms with Crippen LogP contribution in [0.25, 0.3) is 0 Å². The Hall–Kier alpha value is -3.66. The monoisotopic (exact) mass is 478 g/mol. The topological polar surface area (TPSA) is 115 Å². The zero-order valence-corrected chi connectivity index (χ0v) is 20.3. The van der Waals surface area contributed by atoms with E-state index in [1.165, 1.54) is 17.8 Å². The molecule has 0 radical (unpaired) electrons. The molecule has 1 aliphatic rings. The second-order valence-corrected chi connectivity index (χ2v) is 9.16. The van der Waals surface area contributed by atoms with Crippen LogP contribution in [0.1, 0.15) is 43.0 Å². The van der Waals surface area contributed by atoms with Crippen molar-refractivity contribution in [1.82, 2.24) is 14.8 Å². The number of aryl methyl sites for hydroxylation is 1. The lowest BCUT2D eigenvalue weighted by Crippen LogP contribution is -2.32. The SMILES string of the molecule is CCCSc1nc2n(n1)C(c1ccccc1[N+](=O)[O-])C(C(=O)Nc1cccc(C)c1C)=C(C)N2. The third kappa shape index (κ3) is 4.41. The van der Waals surface area contributed by atoms with Crippen molar-refractivity contribution in [2.45, 2.75) is 45.3 Å². The highest BCUT2D eigenvalue weighted by atomic mass is 32.2. The van der Waals surface area contributed by atoms with Crippen LogP contribution in [-0.2, 0) is 4.79 Å². The Morgan fingerprint density at radius 2 is 1.97 bits per heavy atom. The van der Waals surface area contributed by atoms with Gasteiger partial charge in [0.05, 0.1) is 16.1 Å². The minimum atomic E-state index is -0.813. The van der Waals surface area contributed by atoms with E-state index >= 15 is 0 Å². The zero-order valence-electron chi connectivity index (χ0n) is 19.5. The van der Waals surface area contributed by atoms with Gasteiger partial charge in [-0.2, -0.15) is 4.98 Å². The number of nitrogens with one attached hydrogen (secondary N) is 2. The standard InChI is InChI=1S/C24H26N6O3S/c1-5-13-34-24-27-23-25-16(4)20(22(31)26-18-11-8-9-14(2)15(18)3)21(29(23)28-24)17-10-6-7-12-19(17)30(32)33/h6-12,21H,5,13H2,1-4H3,(H,26,31)(H,25,27,28). The number of para-hydroxylation sites is 1. The van der Waals surface area contributed by atoms with Gasteiger partial charge in [-0.25, -0.2) is 4.68 Å². The first-order valence-electron chi connectivity index (χ1n) is 11.0. The maximum Gasteiger partial charge on any atom is 0.275 e. The molecular formula is C24H26N6O3S. The first-order valence-corrected chi connectivity index (χ1v) is 12.0. The van der Waals surface area contributed by atoms with Crippen LogP contribution in [-0.4, -0.2) is 31.3 Å². The molecule has 0 saturated carbocycles. The van der Waals surface area contributed by atoms with E-state index in [1.54, 1.807) is 29.8 Å². The minimum Gasteiger partial charge on any atom is -0.328 e. The highest BCUT2D eigenvalue weighted by Gasteiger charge is 2.37. The van der Waals surface area contributed by atoms with Gasteiger partial charge >= 0.3 is 0 Å². The van der Waals surface area contributed by atoms with Gasteiger partial charge in [0, 0.05) is 23.2 Å². The molecule has 0 bridgehead atoms. The number of amides is 1. The Bertz CT molecular complexity index is 1300. The summed E-state index contributed by atoms with van der Waals surface area (Å²) in [6.07, 6.45) is 0.955. The highest BCUT2D eigenvalue weighted by Crippen LogP contribution is 2.40. The van der Waals surface area contributed by atoms with Crippen molar-refractivity contribution < 1.29 is 9.72 Å². The summed E-state index contributed by atoms with van der Waals surface area (Å²) in [6.45, 7) is 7.76. The molecule has 2 N–H and O–H groups in total. The Labute approximate surface area is 201 Å². The summed E-state index contributed by atoms with van der Waals surface area (Å²) in [5, 5.41) is 23.2. The lowest BCUT2D eigenvalue weighted by Gasteiger charge is -2.28. The van der Waals surface area contributed by atoms with Gasteiger partial charge in [-0.3, -0.25) is 14.9 Å². The summed E-state index contributed by atoms with van der Waals surface area (Å²) in [5.41, 5.74) is 3.91. The third-order valence-corrected chi connectivity index (χ3v) is 6.84. The van der Waals surface area contributed by atoms with Crippen LogP contribution in [0.4, 0.5) is 17.3 Å². The van der Waals surface area contributed by atoms with Crippen LogP contribution in [0.2, 0.25) is 0 Å². The second-order valence-electron chi connectivity index (χ2n) is 8.09. The number of nitrogens with zero attached hydrogens (tertiary/aromatic N) is 4. The van der Waals surface area contributed by atoms with E-state index in [9.17, 15) is 14.9 Å². The number of rotatable bonds is 7. The average molecular weight is 479 g/mol. The molecule has 0 spiro atoms. The molecule has 1 amide bonds. The second kappa shape index (κ2) is 9.68. The van der Waals surface area contributed by atoms with Crippen molar-refractivity contribution in [2.24, 2.45) is 0 Å². The maximum atomic E-state index is 13.6. The number of hydrogen-bond acceptors (Lipinski definition) is 7. The number of nitro groups is 1. The Morgan fingerprint density at radius 1 is 1.21 bits per heavy atom.